The Morgan fingerprint density at radius 3 is 2.12 bits per heavy atom. The number of carboxylic acid groups (broad SMARTS) is 1. The van der Waals surface area contributed by atoms with E-state index >= 15 is 0 Å². The van der Waals surface area contributed by atoms with Crippen LogP contribution in [0.4, 0.5) is 0 Å². The van der Waals surface area contributed by atoms with Crippen molar-refractivity contribution in [1.82, 2.24) is 10.2 Å². The second kappa shape index (κ2) is 8.10. The van der Waals surface area contributed by atoms with Crippen LogP contribution in [0.5, 0.6) is 0 Å². The van der Waals surface area contributed by atoms with Gasteiger partial charge in [-0.15, -0.1) is 0 Å². The Balaban J connectivity index is 4.04. The van der Waals surface area contributed by atoms with Crippen LogP contribution in [-0.2, 0) is 9.59 Å². The maximum Gasteiger partial charge on any atom is 0.320 e. The van der Waals surface area contributed by atoms with E-state index < -0.39 is 12.0 Å². The highest BCUT2D eigenvalue weighted by atomic mass is 16.4. The Labute approximate surface area is 96.8 Å². The van der Waals surface area contributed by atoms with Gasteiger partial charge in [-0.2, -0.15) is 0 Å². The van der Waals surface area contributed by atoms with E-state index in [0.717, 1.165) is 25.9 Å². The summed E-state index contributed by atoms with van der Waals surface area (Å²) in [6, 6.07) is -0.686. The zero-order valence-electron chi connectivity index (χ0n) is 10.3. The summed E-state index contributed by atoms with van der Waals surface area (Å²) in [6.07, 6.45) is 1.83. The molecule has 0 aliphatic heterocycles. The lowest BCUT2D eigenvalue weighted by Gasteiger charge is -2.22. The first kappa shape index (κ1) is 14.9. The Kier molecular flexibility index (Phi) is 7.54. The van der Waals surface area contributed by atoms with Gasteiger partial charge >= 0.3 is 5.97 Å². The molecule has 94 valence electrons. The minimum atomic E-state index is -0.940. The number of aliphatic carboxylic acids is 1. The number of amides is 1. The van der Waals surface area contributed by atoms with Crippen LogP contribution in [0.25, 0.3) is 0 Å². The van der Waals surface area contributed by atoms with Gasteiger partial charge in [0.2, 0.25) is 5.91 Å². The molecule has 0 aromatic rings. The molecule has 0 aliphatic carbocycles. The van der Waals surface area contributed by atoms with E-state index in [1.165, 1.54) is 6.92 Å². The van der Waals surface area contributed by atoms with Crippen molar-refractivity contribution < 1.29 is 14.7 Å². The molecule has 0 saturated heterocycles. The van der Waals surface area contributed by atoms with E-state index in [0.29, 0.717) is 0 Å². The number of carbonyl (C=O) groups is 2. The molecule has 0 radical (unpaired) electrons. The second-order valence-electron chi connectivity index (χ2n) is 3.82. The predicted octanol–water partition coefficient (Wildman–Crippen LogP) is 0.698. The lowest BCUT2D eigenvalue weighted by molar-refractivity contribution is -0.139. The van der Waals surface area contributed by atoms with Gasteiger partial charge in [-0.1, -0.05) is 13.8 Å². The van der Waals surface area contributed by atoms with E-state index in [4.69, 9.17) is 5.11 Å². The molecule has 2 N–H and O–H groups in total. The first-order chi connectivity index (χ1) is 7.52. The van der Waals surface area contributed by atoms with Crippen LogP contribution < -0.4 is 5.32 Å². The van der Waals surface area contributed by atoms with Crippen molar-refractivity contribution in [1.29, 1.82) is 0 Å². The van der Waals surface area contributed by atoms with Gasteiger partial charge in [-0.05, 0) is 19.8 Å². The minimum Gasteiger partial charge on any atom is -0.480 e. The molecule has 1 amide bonds. The summed E-state index contributed by atoms with van der Waals surface area (Å²) < 4.78 is 0. The average molecular weight is 230 g/mol. The Morgan fingerprint density at radius 2 is 1.75 bits per heavy atom. The van der Waals surface area contributed by atoms with Crippen molar-refractivity contribution in [3.8, 4) is 0 Å². The maximum atomic E-state index is 11.7. The van der Waals surface area contributed by atoms with Crippen LogP contribution in [-0.4, -0.2) is 47.6 Å². The van der Waals surface area contributed by atoms with Crippen LogP contribution in [0.1, 0.15) is 33.6 Å². The van der Waals surface area contributed by atoms with Crippen LogP contribution in [0.3, 0.4) is 0 Å². The zero-order chi connectivity index (χ0) is 12.6. The van der Waals surface area contributed by atoms with Crippen LogP contribution >= 0.6 is 0 Å². The average Bonchev–Trinajstić information content (AvgIpc) is 2.24. The molecule has 0 aromatic heterocycles. The number of hydrogen-bond acceptors (Lipinski definition) is 3. The predicted molar refractivity (Wildman–Crippen MR) is 62.3 cm³/mol. The molecule has 0 spiro atoms. The fourth-order valence-corrected chi connectivity index (χ4v) is 1.34. The number of nitrogens with one attached hydrogen (secondary N) is 1. The van der Waals surface area contributed by atoms with Gasteiger partial charge in [0.25, 0.3) is 0 Å². The van der Waals surface area contributed by atoms with E-state index in [9.17, 15) is 9.59 Å². The molecule has 0 heterocycles. The Bertz CT molecular complexity index is 225. The third kappa shape index (κ3) is 5.70. The molecule has 16 heavy (non-hydrogen) atoms. The Morgan fingerprint density at radius 1 is 1.25 bits per heavy atom. The molecule has 0 saturated carbocycles. The molecule has 0 aromatic carbocycles. The van der Waals surface area contributed by atoms with Crippen molar-refractivity contribution in [2.24, 2.45) is 0 Å². The largest absolute Gasteiger partial charge is 0.480 e. The minimum absolute atomic E-state index is 0.0307. The summed E-state index contributed by atoms with van der Waals surface area (Å²) in [5.74, 6) is -0.970. The first-order valence-electron chi connectivity index (χ1n) is 5.76. The molecule has 5 nitrogen and oxygen atoms in total. The van der Waals surface area contributed by atoms with E-state index in [1.54, 1.807) is 4.90 Å². The van der Waals surface area contributed by atoms with Gasteiger partial charge < -0.3 is 10.0 Å². The lowest BCUT2D eigenvalue weighted by atomic mass is 10.3. The Hall–Kier alpha value is -1.10. The summed E-state index contributed by atoms with van der Waals surface area (Å²) >= 11 is 0. The maximum absolute atomic E-state index is 11.7. The van der Waals surface area contributed by atoms with Gasteiger partial charge in [-0.3, -0.25) is 14.9 Å². The molecular weight excluding hydrogens is 208 g/mol. The SMILES string of the molecule is CCCN(CCC)C(=O)CNC(C)C(=O)O. The smallest absolute Gasteiger partial charge is 0.320 e. The molecular formula is C11H22N2O3. The van der Waals surface area contributed by atoms with Gasteiger partial charge in [-0.25, -0.2) is 0 Å². The first-order valence-corrected chi connectivity index (χ1v) is 5.76. The van der Waals surface area contributed by atoms with Gasteiger partial charge in [0.1, 0.15) is 6.04 Å². The molecule has 0 fully saturated rings. The molecule has 1 unspecified atom stereocenters. The van der Waals surface area contributed by atoms with Crippen molar-refractivity contribution in [2.45, 2.75) is 39.7 Å². The summed E-state index contributed by atoms with van der Waals surface area (Å²) in [5, 5.41) is 11.3. The highest BCUT2D eigenvalue weighted by Gasteiger charge is 2.15. The van der Waals surface area contributed by atoms with Gasteiger partial charge in [0.15, 0.2) is 0 Å². The fourth-order valence-electron chi connectivity index (χ4n) is 1.34. The molecule has 0 bridgehead atoms. The quantitative estimate of drug-likeness (QED) is 0.644. The molecule has 0 aliphatic rings. The van der Waals surface area contributed by atoms with Gasteiger partial charge in [0, 0.05) is 13.1 Å². The fraction of sp³-hybridized carbons (Fsp3) is 0.818. The summed E-state index contributed by atoms with van der Waals surface area (Å²) in [4.78, 5) is 24.0. The number of carboxylic acids is 1. The van der Waals surface area contributed by atoms with E-state index in [2.05, 4.69) is 5.32 Å². The standard InChI is InChI=1S/C11H22N2O3/c1-4-6-13(7-5-2)10(14)8-12-9(3)11(15)16/h9,12H,4-8H2,1-3H3,(H,15,16). The van der Waals surface area contributed by atoms with E-state index in [1.807, 2.05) is 13.8 Å². The highest BCUT2D eigenvalue weighted by Crippen LogP contribution is 1.95. The van der Waals surface area contributed by atoms with Crippen LogP contribution in [0.15, 0.2) is 0 Å². The van der Waals surface area contributed by atoms with Gasteiger partial charge in [0.05, 0.1) is 6.54 Å². The highest BCUT2D eigenvalue weighted by molar-refractivity contribution is 5.79. The third-order valence-electron chi connectivity index (χ3n) is 2.27. The molecule has 0 rings (SSSR count). The second-order valence-corrected chi connectivity index (χ2v) is 3.82. The zero-order valence-corrected chi connectivity index (χ0v) is 10.3. The molecule has 5 heteroatoms. The van der Waals surface area contributed by atoms with E-state index in [-0.39, 0.29) is 12.5 Å². The topological polar surface area (TPSA) is 69.6 Å². The van der Waals surface area contributed by atoms with Crippen molar-refractivity contribution >= 4 is 11.9 Å². The number of nitrogens with zero attached hydrogens (tertiary/aromatic N) is 1. The van der Waals surface area contributed by atoms with Crippen LogP contribution in [0.2, 0.25) is 0 Å². The number of hydrogen-bond donors (Lipinski definition) is 2. The summed E-state index contributed by atoms with van der Waals surface area (Å²) in [5.41, 5.74) is 0. The third-order valence-corrected chi connectivity index (χ3v) is 2.27. The number of carbonyl (C=O) groups excluding carboxylic acids is 1. The lowest BCUT2D eigenvalue weighted by Crippen LogP contribution is -2.43. The monoisotopic (exact) mass is 230 g/mol. The normalized spacial score (nSPS) is 12.2. The van der Waals surface area contributed by atoms with Crippen molar-refractivity contribution in [3.05, 3.63) is 0 Å². The summed E-state index contributed by atoms with van der Waals surface area (Å²) in [7, 11) is 0. The van der Waals surface area contributed by atoms with Crippen molar-refractivity contribution in [3.63, 3.8) is 0 Å². The van der Waals surface area contributed by atoms with Crippen molar-refractivity contribution in [2.75, 3.05) is 19.6 Å². The molecule has 1 atom stereocenters. The van der Waals surface area contributed by atoms with Crippen LogP contribution in [0, 0.1) is 0 Å². The number of rotatable bonds is 8. The summed E-state index contributed by atoms with van der Waals surface area (Å²) in [6.45, 7) is 7.12.